The van der Waals surface area contributed by atoms with Gasteiger partial charge in [-0.05, 0) is 30.5 Å². The number of likely N-dealkylation sites (tertiary alicyclic amines) is 1. The molecule has 7 heteroatoms. The molecule has 1 aromatic heterocycles. The standard InChI is InChI=1S/C13H13ClN4OS/c14-10-4-1-3-9(7-10)11-5-2-6-18(11)13(19)16-12-17-15-8-20-12/h1,3-4,7-8,11H,2,5-6H2,(H,16,17,19)/t11-/m1/s1. The van der Waals surface area contributed by atoms with Crippen molar-refractivity contribution >= 4 is 34.1 Å². The predicted octanol–water partition coefficient (Wildman–Crippen LogP) is 3.56. The van der Waals surface area contributed by atoms with Gasteiger partial charge in [0.1, 0.15) is 5.51 Å². The van der Waals surface area contributed by atoms with E-state index >= 15 is 0 Å². The summed E-state index contributed by atoms with van der Waals surface area (Å²) in [5.41, 5.74) is 2.66. The summed E-state index contributed by atoms with van der Waals surface area (Å²) in [7, 11) is 0. The molecular weight excluding hydrogens is 296 g/mol. The molecule has 1 saturated heterocycles. The number of hydrogen-bond donors (Lipinski definition) is 1. The van der Waals surface area contributed by atoms with Crippen molar-refractivity contribution in [1.82, 2.24) is 15.1 Å². The fraction of sp³-hybridized carbons (Fsp3) is 0.308. The number of nitrogens with zero attached hydrogens (tertiary/aromatic N) is 3. The second-order valence-corrected chi connectivity index (χ2v) is 5.85. The molecule has 1 N–H and O–H groups in total. The third-order valence-electron chi connectivity index (χ3n) is 3.32. The minimum atomic E-state index is -0.135. The molecule has 3 rings (SSSR count). The Balaban J connectivity index is 1.77. The molecule has 0 spiro atoms. The molecule has 1 aromatic carbocycles. The first-order valence-corrected chi connectivity index (χ1v) is 7.59. The predicted molar refractivity (Wildman–Crippen MR) is 79.1 cm³/mol. The summed E-state index contributed by atoms with van der Waals surface area (Å²) in [6.45, 7) is 0.738. The van der Waals surface area contributed by atoms with Crippen LogP contribution in [0.25, 0.3) is 0 Å². The molecule has 1 fully saturated rings. The summed E-state index contributed by atoms with van der Waals surface area (Å²) in [6, 6.07) is 7.61. The molecular formula is C13H13ClN4OS. The largest absolute Gasteiger partial charge is 0.324 e. The zero-order chi connectivity index (χ0) is 13.9. The lowest BCUT2D eigenvalue weighted by Gasteiger charge is -2.24. The quantitative estimate of drug-likeness (QED) is 0.923. The van der Waals surface area contributed by atoms with Gasteiger partial charge in [-0.1, -0.05) is 35.1 Å². The van der Waals surface area contributed by atoms with Crippen LogP contribution in [0.5, 0.6) is 0 Å². The number of rotatable bonds is 2. The first-order chi connectivity index (χ1) is 9.74. The van der Waals surface area contributed by atoms with Crippen molar-refractivity contribution in [3.63, 3.8) is 0 Å². The van der Waals surface area contributed by atoms with E-state index in [0.29, 0.717) is 10.2 Å². The first kappa shape index (κ1) is 13.3. The fourth-order valence-electron chi connectivity index (χ4n) is 2.46. The van der Waals surface area contributed by atoms with Gasteiger partial charge in [0.2, 0.25) is 5.13 Å². The second-order valence-electron chi connectivity index (χ2n) is 4.58. The zero-order valence-corrected chi connectivity index (χ0v) is 12.2. The van der Waals surface area contributed by atoms with Crippen molar-refractivity contribution in [2.45, 2.75) is 18.9 Å². The highest BCUT2D eigenvalue weighted by Crippen LogP contribution is 2.33. The molecule has 0 saturated carbocycles. The van der Waals surface area contributed by atoms with Crippen LogP contribution in [-0.4, -0.2) is 27.7 Å². The normalized spacial score (nSPS) is 18.2. The van der Waals surface area contributed by atoms with Gasteiger partial charge in [-0.3, -0.25) is 5.32 Å². The third-order valence-corrected chi connectivity index (χ3v) is 4.16. The van der Waals surface area contributed by atoms with Crippen LogP contribution in [-0.2, 0) is 0 Å². The molecule has 20 heavy (non-hydrogen) atoms. The van der Waals surface area contributed by atoms with Gasteiger partial charge >= 0.3 is 6.03 Å². The maximum absolute atomic E-state index is 12.3. The summed E-state index contributed by atoms with van der Waals surface area (Å²) >= 11 is 7.34. The summed E-state index contributed by atoms with van der Waals surface area (Å²) in [5.74, 6) is 0. The molecule has 1 atom stereocenters. The van der Waals surface area contributed by atoms with Gasteiger partial charge in [-0.15, -0.1) is 10.2 Å². The molecule has 0 bridgehead atoms. The SMILES string of the molecule is O=C(Nc1nncs1)N1CCC[C@@H]1c1cccc(Cl)c1. The topological polar surface area (TPSA) is 58.1 Å². The molecule has 2 aromatic rings. The van der Waals surface area contributed by atoms with Gasteiger partial charge in [-0.25, -0.2) is 4.79 Å². The third kappa shape index (κ3) is 2.76. The number of carbonyl (C=O) groups is 1. The van der Waals surface area contributed by atoms with E-state index in [1.165, 1.54) is 11.3 Å². The number of amides is 2. The monoisotopic (exact) mass is 308 g/mol. The molecule has 1 aliphatic heterocycles. The van der Waals surface area contributed by atoms with Gasteiger partial charge in [0.25, 0.3) is 0 Å². The highest BCUT2D eigenvalue weighted by molar-refractivity contribution is 7.13. The van der Waals surface area contributed by atoms with Gasteiger partial charge in [-0.2, -0.15) is 0 Å². The van der Waals surface area contributed by atoms with E-state index in [2.05, 4.69) is 15.5 Å². The number of urea groups is 1. The van der Waals surface area contributed by atoms with Crippen LogP contribution in [0.3, 0.4) is 0 Å². The van der Waals surface area contributed by atoms with Crippen LogP contribution < -0.4 is 5.32 Å². The van der Waals surface area contributed by atoms with E-state index in [9.17, 15) is 4.79 Å². The molecule has 0 radical (unpaired) electrons. The van der Waals surface area contributed by atoms with E-state index in [4.69, 9.17) is 11.6 Å². The Morgan fingerprint density at radius 2 is 2.40 bits per heavy atom. The average molecular weight is 309 g/mol. The molecule has 0 unspecified atom stereocenters. The number of carbonyl (C=O) groups excluding carboxylic acids is 1. The summed E-state index contributed by atoms with van der Waals surface area (Å²) in [6.07, 6.45) is 1.94. The van der Waals surface area contributed by atoms with Crippen LogP contribution in [0, 0.1) is 0 Å². The average Bonchev–Trinajstić information content (AvgIpc) is 3.09. The fourth-order valence-corrected chi connectivity index (χ4v) is 3.09. The highest BCUT2D eigenvalue weighted by atomic mass is 35.5. The van der Waals surface area contributed by atoms with Gasteiger partial charge in [0.15, 0.2) is 0 Å². The van der Waals surface area contributed by atoms with Crippen molar-refractivity contribution in [3.05, 3.63) is 40.4 Å². The van der Waals surface area contributed by atoms with Crippen molar-refractivity contribution in [2.24, 2.45) is 0 Å². The lowest BCUT2D eigenvalue weighted by molar-refractivity contribution is 0.207. The van der Waals surface area contributed by atoms with Gasteiger partial charge in [0, 0.05) is 11.6 Å². The molecule has 104 valence electrons. The number of benzene rings is 1. The molecule has 0 aliphatic carbocycles. The Bertz CT molecular complexity index is 604. The van der Waals surface area contributed by atoms with Crippen LogP contribution in [0.1, 0.15) is 24.4 Å². The van der Waals surface area contributed by atoms with Crippen molar-refractivity contribution in [1.29, 1.82) is 0 Å². The van der Waals surface area contributed by atoms with E-state index in [1.807, 2.05) is 29.2 Å². The smallest absolute Gasteiger partial charge is 0.317 e. The van der Waals surface area contributed by atoms with Crippen molar-refractivity contribution < 1.29 is 4.79 Å². The summed E-state index contributed by atoms with van der Waals surface area (Å²) in [5, 5.41) is 11.5. The second kappa shape index (κ2) is 5.76. The molecule has 1 aliphatic rings. The van der Waals surface area contributed by atoms with Crippen LogP contribution in [0.4, 0.5) is 9.93 Å². The van der Waals surface area contributed by atoms with Crippen LogP contribution >= 0.6 is 22.9 Å². The maximum Gasteiger partial charge on any atom is 0.324 e. The Kier molecular flexibility index (Phi) is 3.84. The lowest BCUT2D eigenvalue weighted by Crippen LogP contribution is -2.34. The Morgan fingerprint density at radius 3 is 3.15 bits per heavy atom. The van der Waals surface area contributed by atoms with Crippen molar-refractivity contribution in [2.75, 3.05) is 11.9 Å². The van der Waals surface area contributed by atoms with E-state index in [0.717, 1.165) is 24.9 Å². The summed E-state index contributed by atoms with van der Waals surface area (Å²) < 4.78 is 0. The van der Waals surface area contributed by atoms with Gasteiger partial charge in [0.05, 0.1) is 6.04 Å². The Hall–Kier alpha value is -1.66. The molecule has 2 amide bonds. The van der Waals surface area contributed by atoms with E-state index < -0.39 is 0 Å². The molecule has 5 nitrogen and oxygen atoms in total. The minimum Gasteiger partial charge on any atom is -0.317 e. The van der Waals surface area contributed by atoms with E-state index in [1.54, 1.807) is 5.51 Å². The molecule has 2 heterocycles. The Labute approximate surface area is 125 Å². The number of halogens is 1. The number of nitrogens with one attached hydrogen (secondary N) is 1. The van der Waals surface area contributed by atoms with Crippen LogP contribution in [0.15, 0.2) is 29.8 Å². The lowest BCUT2D eigenvalue weighted by atomic mass is 10.1. The minimum absolute atomic E-state index is 0.0709. The Morgan fingerprint density at radius 1 is 1.50 bits per heavy atom. The van der Waals surface area contributed by atoms with Gasteiger partial charge < -0.3 is 4.90 Å². The van der Waals surface area contributed by atoms with E-state index in [-0.39, 0.29) is 12.1 Å². The number of anilines is 1. The number of hydrogen-bond acceptors (Lipinski definition) is 4. The zero-order valence-electron chi connectivity index (χ0n) is 10.6. The first-order valence-electron chi connectivity index (χ1n) is 6.33. The highest BCUT2D eigenvalue weighted by Gasteiger charge is 2.30. The maximum atomic E-state index is 12.3. The van der Waals surface area contributed by atoms with Crippen LogP contribution in [0.2, 0.25) is 5.02 Å². The van der Waals surface area contributed by atoms with Crippen molar-refractivity contribution in [3.8, 4) is 0 Å². The number of aromatic nitrogens is 2. The summed E-state index contributed by atoms with van der Waals surface area (Å²) in [4.78, 5) is 14.1.